The third-order valence-electron chi connectivity index (χ3n) is 6.00. The highest BCUT2D eigenvalue weighted by Gasteiger charge is 2.13. The Balaban J connectivity index is 1.47. The van der Waals surface area contributed by atoms with E-state index in [1.54, 1.807) is 0 Å². The number of nitrogens with zero attached hydrogens (tertiary/aromatic N) is 2. The average molecular weight is 455 g/mol. The second-order valence-electron chi connectivity index (χ2n) is 8.96. The molecule has 3 aromatic carbocycles. The molecule has 0 saturated heterocycles. The zero-order valence-corrected chi connectivity index (χ0v) is 20.5. The lowest BCUT2D eigenvalue weighted by atomic mass is 10.0. The lowest BCUT2D eigenvalue weighted by Crippen LogP contribution is -2.11. The van der Waals surface area contributed by atoms with Crippen LogP contribution in [0.5, 0.6) is 11.5 Å². The fourth-order valence-corrected chi connectivity index (χ4v) is 4.24. The van der Waals surface area contributed by atoms with Crippen LogP contribution in [0.4, 0.5) is 0 Å². The van der Waals surface area contributed by atoms with Gasteiger partial charge in [-0.1, -0.05) is 62.4 Å². The van der Waals surface area contributed by atoms with Crippen LogP contribution in [-0.4, -0.2) is 16.2 Å². The molecule has 4 rings (SSSR count). The van der Waals surface area contributed by atoms with Gasteiger partial charge in [0.1, 0.15) is 23.9 Å². The number of aryl methyl sites for hydroxylation is 2. The maximum Gasteiger partial charge on any atom is 0.148 e. The van der Waals surface area contributed by atoms with Gasteiger partial charge in [-0.15, -0.1) is 6.58 Å². The molecule has 0 radical (unpaired) electrons. The minimum absolute atomic E-state index is 0.416. The zero-order chi connectivity index (χ0) is 23.9. The van der Waals surface area contributed by atoms with Crippen LogP contribution in [0.2, 0.25) is 0 Å². The molecule has 4 heteroatoms. The molecular formula is C30H34N2O2. The van der Waals surface area contributed by atoms with Crippen LogP contribution in [0.1, 0.15) is 48.7 Å². The fraction of sp³-hybridized carbons (Fsp3) is 0.300. The SMILES string of the molecule is C=CCc1ccccc1OCc1nc2ccccc2n1CCCOc1cc(C)ccc1C(C)C. The van der Waals surface area contributed by atoms with Gasteiger partial charge in [0, 0.05) is 6.54 Å². The van der Waals surface area contributed by atoms with Crippen molar-refractivity contribution < 1.29 is 9.47 Å². The molecule has 0 aliphatic rings. The van der Waals surface area contributed by atoms with E-state index in [9.17, 15) is 0 Å². The van der Waals surface area contributed by atoms with Gasteiger partial charge >= 0.3 is 0 Å². The van der Waals surface area contributed by atoms with Crippen molar-refractivity contribution in [3.05, 3.63) is 102 Å². The summed E-state index contributed by atoms with van der Waals surface area (Å²) in [5, 5.41) is 0. The Morgan fingerprint density at radius 2 is 1.76 bits per heavy atom. The molecule has 0 fully saturated rings. The predicted molar refractivity (Wildman–Crippen MR) is 140 cm³/mol. The van der Waals surface area contributed by atoms with E-state index in [1.165, 1.54) is 11.1 Å². The van der Waals surface area contributed by atoms with Crippen LogP contribution in [0.15, 0.2) is 79.4 Å². The summed E-state index contributed by atoms with van der Waals surface area (Å²) in [4.78, 5) is 4.87. The summed E-state index contributed by atoms with van der Waals surface area (Å²) in [5.74, 6) is 3.23. The third kappa shape index (κ3) is 5.51. The fourth-order valence-electron chi connectivity index (χ4n) is 4.24. The van der Waals surface area contributed by atoms with Crippen molar-refractivity contribution in [1.82, 2.24) is 9.55 Å². The summed E-state index contributed by atoms with van der Waals surface area (Å²) < 4.78 is 14.7. The molecular weight excluding hydrogens is 420 g/mol. The highest BCUT2D eigenvalue weighted by Crippen LogP contribution is 2.28. The summed E-state index contributed by atoms with van der Waals surface area (Å²) >= 11 is 0. The minimum atomic E-state index is 0.416. The summed E-state index contributed by atoms with van der Waals surface area (Å²) in [6, 6.07) is 22.8. The van der Waals surface area contributed by atoms with Crippen molar-refractivity contribution >= 4 is 11.0 Å². The maximum atomic E-state index is 6.23. The van der Waals surface area contributed by atoms with Crippen molar-refractivity contribution in [3.8, 4) is 11.5 Å². The van der Waals surface area contributed by atoms with Gasteiger partial charge < -0.3 is 14.0 Å². The van der Waals surface area contributed by atoms with E-state index in [0.717, 1.165) is 53.3 Å². The first kappa shape index (κ1) is 23.6. The van der Waals surface area contributed by atoms with Gasteiger partial charge in [0.25, 0.3) is 0 Å². The maximum absolute atomic E-state index is 6.23. The first-order valence-corrected chi connectivity index (χ1v) is 12.1. The minimum Gasteiger partial charge on any atom is -0.493 e. The number of rotatable bonds is 11. The van der Waals surface area contributed by atoms with Crippen LogP contribution < -0.4 is 9.47 Å². The van der Waals surface area contributed by atoms with E-state index in [1.807, 2.05) is 30.3 Å². The van der Waals surface area contributed by atoms with E-state index in [2.05, 4.69) is 74.4 Å². The predicted octanol–water partition coefficient (Wildman–Crippen LogP) is 7.24. The van der Waals surface area contributed by atoms with Crippen LogP contribution in [-0.2, 0) is 19.6 Å². The molecule has 0 spiro atoms. The number of allylic oxidation sites excluding steroid dienone is 1. The highest BCUT2D eigenvalue weighted by atomic mass is 16.5. The van der Waals surface area contributed by atoms with E-state index >= 15 is 0 Å². The molecule has 1 heterocycles. The molecule has 4 aromatic rings. The van der Waals surface area contributed by atoms with Crippen LogP contribution in [0.3, 0.4) is 0 Å². The number of imidazole rings is 1. The van der Waals surface area contributed by atoms with Crippen LogP contribution >= 0.6 is 0 Å². The second kappa shape index (κ2) is 11.1. The standard InChI is InChI=1S/C30H34N2O2/c1-5-11-24-12-6-9-15-28(24)34-21-30-31-26-13-7-8-14-27(26)32(30)18-10-19-33-29-20-23(4)16-17-25(29)22(2)3/h5-9,12-17,20,22H,1,10-11,18-19,21H2,2-4H3. The van der Waals surface area contributed by atoms with Gasteiger partial charge in [-0.05, 0) is 66.6 Å². The van der Waals surface area contributed by atoms with Gasteiger partial charge in [0.15, 0.2) is 0 Å². The molecule has 0 unspecified atom stereocenters. The van der Waals surface area contributed by atoms with Crippen molar-refractivity contribution in [2.24, 2.45) is 0 Å². The zero-order valence-electron chi connectivity index (χ0n) is 20.5. The second-order valence-corrected chi connectivity index (χ2v) is 8.96. The number of fused-ring (bicyclic) bond motifs is 1. The molecule has 0 aliphatic heterocycles. The number of hydrogen-bond acceptors (Lipinski definition) is 3. The van der Waals surface area contributed by atoms with Gasteiger partial charge in [0.2, 0.25) is 0 Å². The summed E-state index contributed by atoms with van der Waals surface area (Å²) in [5.41, 5.74) is 5.72. The van der Waals surface area contributed by atoms with E-state index in [-0.39, 0.29) is 0 Å². The molecule has 0 amide bonds. The Morgan fingerprint density at radius 1 is 0.971 bits per heavy atom. The Kier molecular flexibility index (Phi) is 7.69. The van der Waals surface area contributed by atoms with Gasteiger partial charge in [-0.25, -0.2) is 4.98 Å². The van der Waals surface area contributed by atoms with Crippen LogP contribution in [0.25, 0.3) is 11.0 Å². The van der Waals surface area contributed by atoms with Gasteiger partial charge in [-0.3, -0.25) is 0 Å². The quantitative estimate of drug-likeness (QED) is 0.177. The lowest BCUT2D eigenvalue weighted by molar-refractivity contribution is 0.277. The average Bonchev–Trinajstić information content (AvgIpc) is 3.19. The first-order chi connectivity index (χ1) is 16.6. The van der Waals surface area contributed by atoms with Crippen molar-refractivity contribution in [2.45, 2.75) is 52.7 Å². The molecule has 0 atom stereocenters. The Morgan fingerprint density at radius 3 is 2.59 bits per heavy atom. The first-order valence-electron chi connectivity index (χ1n) is 12.1. The number of benzene rings is 3. The smallest absolute Gasteiger partial charge is 0.148 e. The summed E-state index contributed by atoms with van der Waals surface area (Å²) in [6.07, 6.45) is 3.56. The Bertz CT molecular complexity index is 1260. The van der Waals surface area contributed by atoms with E-state index < -0.39 is 0 Å². The number of hydrogen-bond donors (Lipinski definition) is 0. The van der Waals surface area contributed by atoms with Crippen LogP contribution in [0, 0.1) is 6.92 Å². The molecule has 176 valence electrons. The number of aromatic nitrogens is 2. The molecule has 0 N–H and O–H groups in total. The molecule has 1 aromatic heterocycles. The van der Waals surface area contributed by atoms with Crippen molar-refractivity contribution in [3.63, 3.8) is 0 Å². The largest absolute Gasteiger partial charge is 0.493 e. The third-order valence-corrected chi connectivity index (χ3v) is 6.00. The molecule has 0 saturated carbocycles. The van der Waals surface area contributed by atoms with Crippen molar-refractivity contribution in [1.29, 1.82) is 0 Å². The van der Waals surface area contributed by atoms with Gasteiger partial charge in [-0.2, -0.15) is 0 Å². The summed E-state index contributed by atoms with van der Waals surface area (Å²) in [7, 11) is 0. The van der Waals surface area contributed by atoms with Crippen molar-refractivity contribution in [2.75, 3.05) is 6.61 Å². The highest BCUT2D eigenvalue weighted by molar-refractivity contribution is 5.75. The van der Waals surface area contributed by atoms with E-state index in [4.69, 9.17) is 14.5 Å². The van der Waals surface area contributed by atoms with Gasteiger partial charge in [0.05, 0.1) is 17.6 Å². The molecule has 0 bridgehead atoms. The Labute approximate surface area is 202 Å². The van der Waals surface area contributed by atoms with E-state index in [0.29, 0.717) is 19.1 Å². The normalized spacial score (nSPS) is 11.2. The lowest BCUT2D eigenvalue weighted by Gasteiger charge is -2.16. The monoisotopic (exact) mass is 454 g/mol. The molecule has 34 heavy (non-hydrogen) atoms. The number of para-hydroxylation sites is 3. The summed E-state index contributed by atoms with van der Waals surface area (Å²) in [6.45, 7) is 12.3. The molecule has 0 aliphatic carbocycles. The number of ether oxygens (including phenoxy) is 2. The Hall–Kier alpha value is -3.53. The molecule has 4 nitrogen and oxygen atoms in total. The topological polar surface area (TPSA) is 36.3 Å².